The van der Waals surface area contributed by atoms with Crippen LogP contribution in [0.1, 0.15) is 95.5 Å². The van der Waals surface area contributed by atoms with E-state index in [1.807, 2.05) is 36.5 Å². The van der Waals surface area contributed by atoms with Crippen LogP contribution in [0.2, 0.25) is 0 Å². The van der Waals surface area contributed by atoms with E-state index in [2.05, 4.69) is 24.2 Å². The largest absolute Gasteiger partial charge is 0.395 e. The minimum Gasteiger partial charge on any atom is -0.395 e. The normalized spacial score (nSPS) is 12.6. The zero-order chi connectivity index (χ0) is 20.1. The summed E-state index contributed by atoms with van der Waals surface area (Å²) in [6, 6.07) is 9.67. The van der Waals surface area contributed by atoms with Crippen molar-refractivity contribution in [2.75, 3.05) is 6.61 Å². The number of allylic oxidation sites excluding steroid dienone is 2. The summed E-state index contributed by atoms with van der Waals surface area (Å²) in [4.78, 5) is 16.4. The van der Waals surface area contributed by atoms with E-state index in [1.165, 1.54) is 57.8 Å². The quantitative estimate of drug-likeness (QED) is 0.0879. The van der Waals surface area contributed by atoms with Gasteiger partial charge in [0.15, 0.2) is 0 Å². The van der Waals surface area contributed by atoms with E-state index in [4.69, 9.17) is 4.84 Å². The van der Waals surface area contributed by atoms with Gasteiger partial charge in [-0.05, 0) is 44.1 Å². The molecule has 1 aromatic rings. The van der Waals surface area contributed by atoms with E-state index in [0.29, 0.717) is 6.61 Å². The third kappa shape index (κ3) is 13.3. The fourth-order valence-electron chi connectivity index (χ4n) is 3.10. The summed E-state index contributed by atoms with van der Waals surface area (Å²) in [5.74, 6) is -0.250. The summed E-state index contributed by atoms with van der Waals surface area (Å²) >= 11 is 0. The van der Waals surface area contributed by atoms with Crippen LogP contribution in [-0.2, 0) is 9.63 Å². The third-order valence-corrected chi connectivity index (χ3v) is 4.89. The number of hydrogen-bond donors (Lipinski definition) is 0. The predicted molar refractivity (Wildman–Crippen MR) is 120 cm³/mol. The SMILES string of the molecule is CCCCCCCCC/C=C\CCCC/C=N/OCC(C=O)c1ccccc1. The Hall–Kier alpha value is -1.90. The number of oxime groups is 1. The van der Waals surface area contributed by atoms with Crippen LogP contribution in [0.15, 0.2) is 47.6 Å². The van der Waals surface area contributed by atoms with Crippen molar-refractivity contribution < 1.29 is 9.63 Å². The van der Waals surface area contributed by atoms with Gasteiger partial charge in [-0.2, -0.15) is 0 Å². The molecule has 1 aromatic carbocycles. The zero-order valence-corrected chi connectivity index (χ0v) is 17.7. The lowest BCUT2D eigenvalue weighted by molar-refractivity contribution is -0.110. The Morgan fingerprint density at radius 1 is 0.857 bits per heavy atom. The van der Waals surface area contributed by atoms with Gasteiger partial charge in [0.2, 0.25) is 0 Å². The maximum atomic E-state index is 11.2. The lowest BCUT2D eigenvalue weighted by Gasteiger charge is -2.08. The van der Waals surface area contributed by atoms with E-state index in [0.717, 1.165) is 31.1 Å². The second-order valence-electron chi connectivity index (χ2n) is 7.40. The van der Waals surface area contributed by atoms with Crippen molar-refractivity contribution in [2.24, 2.45) is 5.16 Å². The number of rotatable bonds is 18. The molecular weight excluding hydrogens is 346 g/mol. The molecule has 0 aliphatic heterocycles. The number of carbonyl (C=O) groups is 1. The summed E-state index contributed by atoms with van der Waals surface area (Å²) in [6.45, 7) is 2.56. The van der Waals surface area contributed by atoms with Gasteiger partial charge in [-0.25, -0.2) is 0 Å². The van der Waals surface area contributed by atoms with E-state index >= 15 is 0 Å². The molecule has 0 saturated heterocycles. The first-order valence-corrected chi connectivity index (χ1v) is 11.2. The van der Waals surface area contributed by atoms with Crippen LogP contribution in [-0.4, -0.2) is 19.1 Å². The highest BCUT2D eigenvalue weighted by Crippen LogP contribution is 2.13. The minimum absolute atomic E-state index is 0.250. The van der Waals surface area contributed by atoms with Gasteiger partial charge in [-0.15, -0.1) is 0 Å². The molecule has 3 heteroatoms. The minimum atomic E-state index is -0.250. The molecule has 0 aliphatic carbocycles. The predicted octanol–water partition coefficient (Wildman–Crippen LogP) is 7.23. The highest BCUT2D eigenvalue weighted by molar-refractivity contribution is 5.62. The van der Waals surface area contributed by atoms with Gasteiger partial charge in [0.25, 0.3) is 0 Å². The topological polar surface area (TPSA) is 38.7 Å². The number of nitrogens with zero attached hydrogens (tertiary/aromatic N) is 1. The molecular formula is C25H39NO2. The number of unbranched alkanes of at least 4 members (excludes halogenated alkanes) is 10. The molecule has 0 aromatic heterocycles. The summed E-state index contributed by atoms with van der Waals surface area (Å²) < 4.78 is 0. The molecule has 3 nitrogen and oxygen atoms in total. The van der Waals surface area contributed by atoms with E-state index in [9.17, 15) is 4.79 Å². The summed E-state index contributed by atoms with van der Waals surface area (Å²) in [5, 5.41) is 3.98. The van der Waals surface area contributed by atoms with E-state index in [-0.39, 0.29) is 5.92 Å². The van der Waals surface area contributed by atoms with Crippen LogP contribution in [0.25, 0.3) is 0 Å². The molecule has 156 valence electrons. The van der Waals surface area contributed by atoms with Gasteiger partial charge in [-0.3, -0.25) is 0 Å². The molecule has 0 radical (unpaired) electrons. The second-order valence-corrected chi connectivity index (χ2v) is 7.40. The number of aldehydes is 1. The Labute approximate surface area is 172 Å². The van der Waals surface area contributed by atoms with Crippen LogP contribution < -0.4 is 0 Å². The first-order chi connectivity index (χ1) is 13.9. The van der Waals surface area contributed by atoms with E-state index < -0.39 is 0 Å². The van der Waals surface area contributed by atoms with Crippen LogP contribution >= 0.6 is 0 Å². The van der Waals surface area contributed by atoms with Crippen molar-refractivity contribution in [1.82, 2.24) is 0 Å². The molecule has 1 atom stereocenters. The van der Waals surface area contributed by atoms with Gasteiger partial charge < -0.3 is 9.63 Å². The molecule has 0 amide bonds. The number of carbonyl (C=O) groups excluding carboxylic acids is 1. The van der Waals surface area contributed by atoms with Gasteiger partial charge in [0, 0.05) is 6.21 Å². The Morgan fingerprint density at radius 2 is 1.46 bits per heavy atom. The molecule has 0 aliphatic rings. The fraction of sp³-hybridized carbons (Fsp3) is 0.600. The van der Waals surface area contributed by atoms with Crippen molar-refractivity contribution in [3.63, 3.8) is 0 Å². The molecule has 0 heterocycles. The molecule has 1 unspecified atom stereocenters. The molecule has 0 N–H and O–H groups in total. The number of benzene rings is 1. The molecule has 0 saturated carbocycles. The second kappa shape index (κ2) is 18.5. The molecule has 0 bridgehead atoms. The Bertz CT molecular complexity index is 525. The summed E-state index contributed by atoms with van der Waals surface area (Å²) in [7, 11) is 0. The maximum absolute atomic E-state index is 11.2. The molecule has 28 heavy (non-hydrogen) atoms. The number of hydrogen-bond acceptors (Lipinski definition) is 3. The Kier molecular flexibility index (Phi) is 15.9. The van der Waals surface area contributed by atoms with Crippen molar-refractivity contribution in [3.05, 3.63) is 48.0 Å². The molecule has 1 rings (SSSR count). The van der Waals surface area contributed by atoms with Crippen molar-refractivity contribution in [1.29, 1.82) is 0 Å². The van der Waals surface area contributed by atoms with Gasteiger partial charge in [-0.1, -0.05) is 93.1 Å². The van der Waals surface area contributed by atoms with Gasteiger partial charge in [0.05, 0.1) is 5.92 Å². The Morgan fingerprint density at radius 3 is 2.14 bits per heavy atom. The highest BCUT2D eigenvalue weighted by Gasteiger charge is 2.09. The lowest BCUT2D eigenvalue weighted by Crippen LogP contribution is -2.07. The van der Waals surface area contributed by atoms with Crippen LogP contribution in [0.3, 0.4) is 0 Å². The average Bonchev–Trinajstić information content (AvgIpc) is 2.73. The zero-order valence-electron chi connectivity index (χ0n) is 17.7. The monoisotopic (exact) mass is 385 g/mol. The van der Waals surface area contributed by atoms with Crippen molar-refractivity contribution in [2.45, 2.75) is 89.9 Å². The van der Waals surface area contributed by atoms with Gasteiger partial charge >= 0.3 is 0 Å². The van der Waals surface area contributed by atoms with Crippen molar-refractivity contribution >= 4 is 12.5 Å². The smallest absolute Gasteiger partial charge is 0.130 e. The first kappa shape index (κ1) is 24.1. The highest BCUT2D eigenvalue weighted by atomic mass is 16.6. The third-order valence-electron chi connectivity index (χ3n) is 4.89. The maximum Gasteiger partial charge on any atom is 0.130 e. The van der Waals surface area contributed by atoms with E-state index in [1.54, 1.807) is 0 Å². The van der Waals surface area contributed by atoms with Crippen LogP contribution in [0, 0.1) is 0 Å². The standard InChI is InChI=1S/C25H39NO2/c1-2-3-4-5-6-7-8-9-10-11-12-13-14-18-21-26-28-23-25(22-27)24-19-16-15-17-20-24/h10-11,15-17,19-22,25H,2-9,12-14,18,23H2,1H3/b11-10-,26-21+. The average molecular weight is 386 g/mol. The van der Waals surface area contributed by atoms with Crippen LogP contribution in [0.4, 0.5) is 0 Å². The molecule has 0 spiro atoms. The van der Waals surface area contributed by atoms with Gasteiger partial charge in [0.1, 0.15) is 12.9 Å². The summed E-state index contributed by atoms with van der Waals surface area (Å²) in [6.07, 6.45) is 22.6. The van der Waals surface area contributed by atoms with Crippen molar-refractivity contribution in [3.8, 4) is 0 Å². The molecule has 0 fully saturated rings. The summed E-state index contributed by atoms with van der Waals surface area (Å²) in [5.41, 5.74) is 0.969. The Balaban J connectivity index is 1.92. The lowest BCUT2D eigenvalue weighted by atomic mass is 10.0. The fourth-order valence-corrected chi connectivity index (χ4v) is 3.10. The van der Waals surface area contributed by atoms with Crippen LogP contribution in [0.5, 0.6) is 0 Å². The first-order valence-electron chi connectivity index (χ1n) is 11.2.